The number of hydrogen-bond acceptors (Lipinski definition) is 1. The molecule has 0 radical (unpaired) electrons. The van der Waals surface area contributed by atoms with E-state index in [0.717, 1.165) is 6.54 Å². The standard InChI is InChI=1S/C37H55N2/c1-4-5-6-7-8-9-10-11-12-13-14-15-16-17-18-21-30-39-31-28-33(29-32-39)24-25-34-26-27-37(38(2)3)36-23-20-19-22-35(34)36/h19-20,22-29,31-32H,4-18,21,30H2,1-3H3/q+1. The molecule has 2 heteroatoms. The van der Waals surface area contributed by atoms with E-state index >= 15 is 0 Å². The van der Waals surface area contributed by atoms with E-state index in [1.165, 1.54) is 130 Å². The molecule has 0 spiro atoms. The van der Waals surface area contributed by atoms with Crippen molar-refractivity contribution < 1.29 is 4.57 Å². The number of aromatic nitrogens is 1. The highest BCUT2D eigenvalue weighted by atomic mass is 15.1. The van der Waals surface area contributed by atoms with Gasteiger partial charge in [-0.05, 0) is 29.0 Å². The molecule has 0 fully saturated rings. The average Bonchev–Trinajstić information content (AvgIpc) is 2.96. The number of pyridine rings is 1. The van der Waals surface area contributed by atoms with E-state index in [4.69, 9.17) is 0 Å². The molecule has 0 aliphatic carbocycles. The minimum absolute atomic E-state index is 1.12. The molecule has 0 atom stereocenters. The molecule has 39 heavy (non-hydrogen) atoms. The summed E-state index contributed by atoms with van der Waals surface area (Å²) in [5.74, 6) is 0. The molecule has 0 unspecified atom stereocenters. The predicted molar refractivity (Wildman–Crippen MR) is 173 cm³/mol. The van der Waals surface area contributed by atoms with Crippen molar-refractivity contribution in [2.45, 2.75) is 116 Å². The fraction of sp³-hybridized carbons (Fsp3) is 0.541. The fourth-order valence-corrected chi connectivity index (χ4v) is 5.60. The van der Waals surface area contributed by atoms with Crippen molar-refractivity contribution in [1.82, 2.24) is 0 Å². The summed E-state index contributed by atoms with van der Waals surface area (Å²) in [6.45, 7) is 3.42. The normalized spacial score (nSPS) is 11.6. The van der Waals surface area contributed by atoms with Crippen LogP contribution in [0, 0.1) is 0 Å². The second kappa shape index (κ2) is 18.6. The number of aryl methyl sites for hydroxylation is 1. The lowest BCUT2D eigenvalue weighted by atomic mass is 10.0. The van der Waals surface area contributed by atoms with Gasteiger partial charge in [0.15, 0.2) is 12.4 Å². The molecular weight excluding hydrogens is 472 g/mol. The summed E-state index contributed by atoms with van der Waals surface area (Å²) in [7, 11) is 4.22. The Morgan fingerprint density at radius 2 is 1.08 bits per heavy atom. The summed E-state index contributed by atoms with van der Waals surface area (Å²) in [4.78, 5) is 2.19. The molecular formula is C37H55N2+. The highest BCUT2D eigenvalue weighted by molar-refractivity contribution is 6.00. The van der Waals surface area contributed by atoms with E-state index in [0.29, 0.717) is 0 Å². The van der Waals surface area contributed by atoms with Crippen molar-refractivity contribution in [1.29, 1.82) is 0 Å². The molecule has 0 saturated carbocycles. The second-order valence-electron chi connectivity index (χ2n) is 11.6. The maximum atomic E-state index is 2.34. The van der Waals surface area contributed by atoms with Gasteiger partial charge in [0, 0.05) is 43.7 Å². The molecule has 1 aromatic heterocycles. The van der Waals surface area contributed by atoms with Crippen molar-refractivity contribution in [2.75, 3.05) is 19.0 Å². The predicted octanol–water partition coefficient (Wildman–Crippen LogP) is 10.6. The van der Waals surface area contributed by atoms with Gasteiger partial charge in [-0.1, -0.05) is 139 Å². The number of benzene rings is 2. The molecule has 0 amide bonds. The Labute approximate surface area is 240 Å². The fourth-order valence-electron chi connectivity index (χ4n) is 5.60. The Balaban J connectivity index is 1.26. The highest BCUT2D eigenvalue weighted by Gasteiger charge is 2.06. The zero-order valence-electron chi connectivity index (χ0n) is 25.3. The van der Waals surface area contributed by atoms with E-state index in [2.05, 4.69) is 104 Å². The van der Waals surface area contributed by atoms with Crippen LogP contribution in [-0.2, 0) is 6.54 Å². The molecule has 0 saturated heterocycles. The van der Waals surface area contributed by atoms with E-state index < -0.39 is 0 Å². The topological polar surface area (TPSA) is 7.12 Å². The number of nitrogens with zero attached hydrogens (tertiary/aromatic N) is 2. The van der Waals surface area contributed by atoms with Gasteiger partial charge < -0.3 is 4.90 Å². The zero-order chi connectivity index (χ0) is 27.5. The van der Waals surface area contributed by atoms with Crippen LogP contribution < -0.4 is 9.47 Å². The second-order valence-corrected chi connectivity index (χ2v) is 11.6. The molecule has 0 N–H and O–H groups in total. The van der Waals surface area contributed by atoms with Gasteiger partial charge >= 0.3 is 0 Å². The highest BCUT2D eigenvalue weighted by Crippen LogP contribution is 2.29. The Kier molecular flexibility index (Phi) is 14.8. The van der Waals surface area contributed by atoms with Crippen LogP contribution in [0.3, 0.4) is 0 Å². The summed E-state index contributed by atoms with van der Waals surface area (Å²) in [5.41, 5.74) is 3.78. The summed E-state index contributed by atoms with van der Waals surface area (Å²) in [5, 5.41) is 2.60. The lowest BCUT2D eigenvalue weighted by molar-refractivity contribution is -0.697. The first kappa shape index (κ1) is 30.9. The minimum atomic E-state index is 1.12. The van der Waals surface area contributed by atoms with Gasteiger partial charge in [-0.3, -0.25) is 0 Å². The maximum Gasteiger partial charge on any atom is 0.169 e. The van der Waals surface area contributed by atoms with Crippen LogP contribution in [0.5, 0.6) is 0 Å². The van der Waals surface area contributed by atoms with E-state index in [-0.39, 0.29) is 0 Å². The molecule has 212 valence electrons. The Morgan fingerprint density at radius 1 is 0.564 bits per heavy atom. The van der Waals surface area contributed by atoms with Crippen molar-refractivity contribution in [3.63, 3.8) is 0 Å². The van der Waals surface area contributed by atoms with Crippen LogP contribution in [-0.4, -0.2) is 14.1 Å². The van der Waals surface area contributed by atoms with Crippen molar-refractivity contribution in [3.8, 4) is 0 Å². The van der Waals surface area contributed by atoms with Gasteiger partial charge in [-0.25, -0.2) is 4.57 Å². The van der Waals surface area contributed by atoms with Gasteiger partial charge in [0.2, 0.25) is 0 Å². The van der Waals surface area contributed by atoms with Crippen molar-refractivity contribution >= 4 is 28.6 Å². The minimum Gasteiger partial charge on any atom is -0.377 e. The smallest absolute Gasteiger partial charge is 0.169 e. The number of rotatable bonds is 20. The first-order valence-corrected chi connectivity index (χ1v) is 16.1. The average molecular weight is 528 g/mol. The van der Waals surface area contributed by atoms with Gasteiger partial charge in [-0.15, -0.1) is 0 Å². The molecule has 0 aliphatic heterocycles. The summed E-state index contributed by atoms with van der Waals surface area (Å²) < 4.78 is 2.34. The molecule has 0 aliphatic rings. The van der Waals surface area contributed by atoms with Crippen LogP contribution in [0.4, 0.5) is 5.69 Å². The van der Waals surface area contributed by atoms with E-state index in [1.54, 1.807) is 0 Å². The van der Waals surface area contributed by atoms with Gasteiger partial charge in [-0.2, -0.15) is 0 Å². The van der Waals surface area contributed by atoms with Crippen molar-refractivity contribution in [3.05, 3.63) is 72.1 Å². The lowest BCUT2D eigenvalue weighted by Gasteiger charge is -2.16. The molecule has 0 bridgehead atoms. The summed E-state index contributed by atoms with van der Waals surface area (Å²) in [6.07, 6.45) is 31.7. The molecule has 2 nitrogen and oxygen atoms in total. The quantitative estimate of drug-likeness (QED) is 0.105. The van der Waals surface area contributed by atoms with Gasteiger partial charge in [0.05, 0.1) is 0 Å². The van der Waals surface area contributed by atoms with E-state index in [1.807, 2.05) is 0 Å². The van der Waals surface area contributed by atoms with Crippen LogP contribution in [0.25, 0.3) is 22.9 Å². The molecule has 2 aromatic carbocycles. The van der Waals surface area contributed by atoms with Crippen LogP contribution in [0.15, 0.2) is 60.9 Å². The van der Waals surface area contributed by atoms with Gasteiger partial charge in [0.25, 0.3) is 0 Å². The number of anilines is 1. The molecule has 3 aromatic rings. The van der Waals surface area contributed by atoms with Crippen LogP contribution in [0.2, 0.25) is 0 Å². The maximum absolute atomic E-state index is 2.34. The van der Waals surface area contributed by atoms with Crippen LogP contribution >= 0.6 is 0 Å². The third-order valence-electron chi connectivity index (χ3n) is 8.06. The lowest BCUT2D eigenvalue weighted by Crippen LogP contribution is -2.32. The van der Waals surface area contributed by atoms with Crippen LogP contribution in [0.1, 0.15) is 121 Å². The number of fused-ring (bicyclic) bond motifs is 1. The number of hydrogen-bond donors (Lipinski definition) is 0. The van der Waals surface area contributed by atoms with E-state index in [9.17, 15) is 0 Å². The summed E-state index contributed by atoms with van der Waals surface area (Å²) >= 11 is 0. The first-order chi connectivity index (χ1) is 19.2. The van der Waals surface area contributed by atoms with Crippen molar-refractivity contribution in [2.24, 2.45) is 0 Å². The van der Waals surface area contributed by atoms with Gasteiger partial charge in [0.1, 0.15) is 6.54 Å². The summed E-state index contributed by atoms with van der Waals surface area (Å²) in [6, 6.07) is 17.6. The third-order valence-corrected chi connectivity index (χ3v) is 8.06. The Bertz CT molecular complexity index is 1080. The monoisotopic (exact) mass is 527 g/mol. The number of unbranched alkanes of at least 4 members (excludes halogenated alkanes) is 15. The first-order valence-electron chi connectivity index (χ1n) is 16.1. The molecule has 1 heterocycles. The molecule has 3 rings (SSSR count). The Morgan fingerprint density at radius 3 is 1.62 bits per heavy atom. The third kappa shape index (κ3) is 11.6. The SMILES string of the molecule is CCCCCCCCCCCCCCCCCC[n+]1ccc(/C=C/c2ccc(N(C)C)c3ccccc23)cc1. The Hall–Kier alpha value is -2.61. The zero-order valence-corrected chi connectivity index (χ0v) is 25.3. The largest absolute Gasteiger partial charge is 0.377 e.